The Morgan fingerprint density at radius 3 is 2.81 bits per heavy atom. The van der Waals surface area contributed by atoms with Crippen molar-refractivity contribution in [1.82, 2.24) is 4.98 Å². The van der Waals surface area contributed by atoms with E-state index in [0.717, 1.165) is 43.4 Å². The van der Waals surface area contributed by atoms with E-state index in [-0.39, 0.29) is 11.8 Å². The summed E-state index contributed by atoms with van der Waals surface area (Å²) in [4.78, 5) is 4.38. The largest absolute Gasteiger partial charge is 0.389 e. The van der Waals surface area contributed by atoms with E-state index in [2.05, 4.69) is 4.98 Å². The van der Waals surface area contributed by atoms with E-state index < -0.39 is 17.3 Å². The van der Waals surface area contributed by atoms with Gasteiger partial charge in [0.15, 0.2) is 0 Å². The van der Waals surface area contributed by atoms with Crippen LogP contribution in [0.1, 0.15) is 55.9 Å². The first-order valence-electron chi connectivity index (χ1n) is 8.12. The third-order valence-electron chi connectivity index (χ3n) is 6.28. The molecule has 0 aromatic carbocycles. The van der Waals surface area contributed by atoms with Crippen molar-refractivity contribution >= 4 is 0 Å². The smallest absolute Gasteiger partial charge is 0.110 e. The number of pyridine rings is 1. The van der Waals surface area contributed by atoms with Crippen LogP contribution in [0, 0.1) is 11.8 Å². The molecule has 0 bridgehead atoms. The molecule has 3 aliphatic carbocycles. The molecule has 1 heterocycles. The lowest BCUT2D eigenvalue weighted by molar-refractivity contribution is -0.238. The molecule has 4 nitrogen and oxygen atoms in total. The average molecular weight is 289 g/mol. The van der Waals surface area contributed by atoms with Crippen molar-refractivity contribution in [1.29, 1.82) is 0 Å². The maximum atomic E-state index is 11.3. The molecule has 4 rings (SSSR count). The molecule has 5 atom stereocenters. The van der Waals surface area contributed by atoms with E-state index in [1.807, 2.05) is 6.07 Å². The zero-order chi connectivity index (χ0) is 14.7. The van der Waals surface area contributed by atoms with Crippen molar-refractivity contribution in [2.45, 2.75) is 62.3 Å². The molecular formula is C17H23NO3. The second-order valence-corrected chi connectivity index (χ2v) is 7.16. The molecule has 1 aromatic rings. The number of rotatable bonds is 0. The van der Waals surface area contributed by atoms with Gasteiger partial charge in [0.1, 0.15) is 11.7 Å². The highest BCUT2D eigenvalue weighted by atomic mass is 16.3. The molecule has 0 amide bonds. The fourth-order valence-corrected chi connectivity index (χ4v) is 5.13. The minimum Gasteiger partial charge on any atom is -0.389 e. The van der Waals surface area contributed by atoms with E-state index in [4.69, 9.17) is 0 Å². The van der Waals surface area contributed by atoms with Crippen LogP contribution in [0.3, 0.4) is 0 Å². The molecule has 21 heavy (non-hydrogen) atoms. The second kappa shape index (κ2) is 4.51. The van der Waals surface area contributed by atoms with E-state index in [9.17, 15) is 15.3 Å². The average Bonchev–Trinajstić information content (AvgIpc) is 2.50. The van der Waals surface area contributed by atoms with Gasteiger partial charge < -0.3 is 15.3 Å². The van der Waals surface area contributed by atoms with Gasteiger partial charge in [-0.3, -0.25) is 4.98 Å². The van der Waals surface area contributed by atoms with Gasteiger partial charge in [0, 0.05) is 23.4 Å². The zero-order valence-electron chi connectivity index (χ0n) is 12.2. The normalized spacial score (nSPS) is 45.4. The van der Waals surface area contributed by atoms with Crippen molar-refractivity contribution < 1.29 is 15.3 Å². The van der Waals surface area contributed by atoms with Gasteiger partial charge in [-0.15, -0.1) is 0 Å². The molecule has 114 valence electrons. The first kappa shape index (κ1) is 13.7. The highest BCUT2D eigenvalue weighted by Gasteiger charge is 2.61. The molecule has 0 aliphatic heterocycles. The molecule has 3 N–H and O–H groups in total. The Morgan fingerprint density at radius 1 is 1.10 bits per heavy atom. The summed E-state index contributed by atoms with van der Waals surface area (Å²) in [5.41, 5.74) is -0.492. The molecular weight excluding hydrogens is 266 g/mol. The van der Waals surface area contributed by atoms with Gasteiger partial charge in [-0.05, 0) is 44.1 Å². The first-order valence-corrected chi connectivity index (χ1v) is 8.12. The minimum atomic E-state index is -1.21. The molecule has 0 unspecified atom stereocenters. The molecule has 2 saturated carbocycles. The van der Waals surface area contributed by atoms with Crippen LogP contribution in [0.2, 0.25) is 0 Å². The van der Waals surface area contributed by atoms with Gasteiger partial charge in [-0.25, -0.2) is 0 Å². The van der Waals surface area contributed by atoms with Crippen LogP contribution < -0.4 is 0 Å². The van der Waals surface area contributed by atoms with Crippen molar-refractivity contribution in [2.24, 2.45) is 11.8 Å². The summed E-state index contributed by atoms with van der Waals surface area (Å²) >= 11 is 0. The summed E-state index contributed by atoms with van der Waals surface area (Å²) in [6.45, 7) is 0. The van der Waals surface area contributed by atoms with Gasteiger partial charge in [0.2, 0.25) is 0 Å². The summed E-state index contributed by atoms with van der Waals surface area (Å²) < 4.78 is 0. The Bertz CT molecular complexity index is 563. The molecule has 3 aliphatic rings. The fraction of sp³-hybridized carbons (Fsp3) is 0.706. The van der Waals surface area contributed by atoms with Crippen molar-refractivity contribution in [2.75, 3.05) is 0 Å². The molecule has 1 aromatic heterocycles. The molecule has 0 spiro atoms. The number of hydrogen-bond donors (Lipinski definition) is 3. The van der Waals surface area contributed by atoms with Gasteiger partial charge in [-0.1, -0.05) is 18.9 Å². The number of nitrogens with zero attached hydrogens (tertiary/aromatic N) is 1. The summed E-state index contributed by atoms with van der Waals surface area (Å²) in [7, 11) is 0. The standard InChI is InChI=1S/C17H23NO3/c19-15-12-5-3-9-18-13(12)10-14-16(20)7-2-1-4-11(16)6-8-17(14,15)21/h3,5,9,11,14-15,19-21H,1-2,4,6-8,10H2/t11-,14-,15+,16+,17-/m0/s1. The van der Waals surface area contributed by atoms with Crippen LogP contribution in [0.25, 0.3) is 0 Å². The summed E-state index contributed by atoms with van der Waals surface area (Å²) in [6.07, 6.45) is 6.66. The van der Waals surface area contributed by atoms with Crippen LogP contribution in [0.5, 0.6) is 0 Å². The van der Waals surface area contributed by atoms with Crippen molar-refractivity contribution in [3.8, 4) is 0 Å². The number of aromatic nitrogens is 1. The van der Waals surface area contributed by atoms with Gasteiger partial charge >= 0.3 is 0 Å². The maximum absolute atomic E-state index is 11.3. The predicted octanol–water partition coefficient (Wildman–Crippen LogP) is 1.73. The monoisotopic (exact) mass is 289 g/mol. The Morgan fingerprint density at radius 2 is 1.95 bits per heavy atom. The predicted molar refractivity (Wildman–Crippen MR) is 77.5 cm³/mol. The van der Waals surface area contributed by atoms with E-state index in [0.29, 0.717) is 12.8 Å². The third kappa shape index (κ3) is 1.76. The van der Waals surface area contributed by atoms with Gasteiger partial charge in [0.25, 0.3) is 0 Å². The van der Waals surface area contributed by atoms with Crippen molar-refractivity contribution in [3.05, 3.63) is 29.6 Å². The summed E-state index contributed by atoms with van der Waals surface area (Å²) in [6, 6.07) is 3.64. The Hall–Kier alpha value is -0.970. The fourth-order valence-electron chi connectivity index (χ4n) is 5.13. The highest BCUT2D eigenvalue weighted by Crippen LogP contribution is 2.57. The molecule has 0 saturated heterocycles. The highest BCUT2D eigenvalue weighted by molar-refractivity contribution is 5.32. The molecule has 4 heteroatoms. The quantitative estimate of drug-likeness (QED) is 0.680. The Kier molecular flexibility index (Phi) is 2.94. The lowest BCUT2D eigenvalue weighted by Crippen LogP contribution is -2.64. The van der Waals surface area contributed by atoms with E-state index in [1.54, 1.807) is 12.3 Å². The lowest BCUT2D eigenvalue weighted by atomic mass is 9.52. The van der Waals surface area contributed by atoms with Gasteiger partial charge in [-0.2, -0.15) is 0 Å². The third-order valence-corrected chi connectivity index (χ3v) is 6.28. The van der Waals surface area contributed by atoms with Gasteiger partial charge in [0.05, 0.1) is 5.60 Å². The topological polar surface area (TPSA) is 73.6 Å². The zero-order valence-corrected chi connectivity index (χ0v) is 12.2. The van der Waals surface area contributed by atoms with Crippen LogP contribution >= 0.6 is 0 Å². The first-order chi connectivity index (χ1) is 10.1. The maximum Gasteiger partial charge on any atom is 0.110 e. The number of fused-ring (bicyclic) bond motifs is 4. The summed E-state index contributed by atoms with van der Waals surface area (Å²) in [5, 5.41) is 33.2. The summed E-state index contributed by atoms with van der Waals surface area (Å²) in [5.74, 6) is -0.0459. The van der Waals surface area contributed by atoms with E-state index in [1.165, 1.54) is 0 Å². The van der Waals surface area contributed by atoms with Crippen LogP contribution in [-0.4, -0.2) is 31.5 Å². The SMILES string of the molecule is O[C@@H]1c2cccnc2C[C@H]2[C@@]3(O)CCCC[C@H]3CC[C@]21O. The number of aliphatic hydroxyl groups excluding tert-OH is 1. The number of hydrogen-bond acceptors (Lipinski definition) is 4. The van der Waals surface area contributed by atoms with Crippen LogP contribution in [0.4, 0.5) is 0 Å². The minimum absolute atomic E-state index is 0.258. The lowest BCUT2D eigenvalue weighted by Gasteiger charge is -2.58. The number of aliphatic hydroxyl groups is 3. The van der Waals surface area contributed by atoms with E-state index >= 15 is 0 Å². The Balaban J connectivity index is 1.81. The van der Waals surface area contributed by atoms with Crippen LogP contribution in [0.15, 0.2) is 18.3 Å². The molecule has 0 radical (unpaired) electrons. The van der Waals surface area contributed by atoms with Crippen LogP contribution in [-0.2, 0) is 6.42 Å². The second-order valence-electron chi connectivity index (χ2n) is 7.16. The molecule has 2 fully saturated rings. The van der Waals surface area contributed by atoms with Crippen molar-refractivity contribution in [3.63, 3.8) is 0 Å². The Labute approximate surface area is 124 Å².